The number of hydrogen-bond acceptors (Lipinski definition) is 2. The fraction of sp³-hybridized carbons (Fsp3) is 1.00. The Labute approximate surface area is 126 Å². The van der Waals surface area contributed by atoms with E-state index in [2.05, 4.69) is 26.6 Å². The van der Waals surface area contributed by atoms with Gasteiger partial charge in [0.1, 0.15) is 7.85 Å². The lowest BCUT2D eigenvalue weighted by Crippen LogP contribution is -2.71. The van der Waals surface area contributed by atoms with Crippen LogP contribution in [0.1, 0.15) is 58.8 Å². The van der Waals surface area contributed by atoms with Crippen LogP contribution in [-0.4, -0.2) is 44.1 Å². The lowest BCUT2D eigenvalue weighted by atomic mass is 9.65. The van der Waals surface area contributed by atoms with E-state index in [1.54, 1.807) is 0 Å². The van der Waals surface area contributed by atoms with E-state index < -0.39 is 0 Å². The van der Waals surface area contributed by atoms with E-state index in [4.69, 9.17) is 4.74 Å². The molecule has 0 aromatic rings. The number of piperidine rings is 1. The molecule has 0 amide bonds. The van der Waals surface area contributed by atoms with E-state index >= 15 is 0 Å². The Kier molecular flexibility index (Phi) is 4.47. The molecule has 0 bridgehead atoms. The summed E-state index contributed by atoms with van der Waals surface area (Å²) in [6, 6.07) is 0.673. The summed E-state index contributed by atoms with van der Waals surface area (Å²) in [7, 11) is 2.46. The molecule has 1 saturated carbocycles. The van der Waals surface area contributed by atoms with Crippen LogP contribution in [-0.2, 0) is 4.74 Å². The summed E-state index contributed by atoms with van der Waals surface area (Å²) < 4.78 is 5.73. The highest BCUT2D eigenvalue weighted by molar-refractivity contribution is 6.11. The smallest absolute Gasteiger partial charge is 0.105 e. The molecular formula is C17H32BNO. The predicted molar refractivity (Wildman–Crippen MR) is 87.0 cm³/mol. The van der Waals surface area contributed by atoms with Crippen LogP contribution in [0.4, 0.5) is 0 Å². The van der Waals surface area contributed by atoms with E-state index in [0.29, 0.717) is 11.6 Å². The first kappa shape index (κ1) is 14.9. The molecule has 3 heteroatoms. The molecule has 2 nitrogen and oxygen atoms in total. The van der Waals surface area contributed by atoms with Crippen molar-refractivity contribution in [3.05, 3.63) is 0 Å². The van der Waals surface area contributed by atoms with Gasteiger partial charge in [0.25, 0.3) is 0 Å². The van der Waals surface area contributed by atoms with Gasteiger partial charge in [0, 0.05) is 6.04 Å². The third-order valence-corrected chi connectivity index (χ3v) is 6.39. The maximum absolute atomic E-state index is 5.73. The molecule has 2 aliphatic heterocycles. The minimum absolute atomic E-state index is 0.407. The van der Waals surface area contributed by atoms with Gasteiger partial charge in [-0.1, -0.05) is 37.9 Å². The number of likely N-dealkylation sites (tertiary alicyclic amines) is 1. The van der Waals surface area contributed by atoms with Crippen LogP contribution < -0.4 is 0 Å². The van der Waals surface area contributed by atoms with E-state index in [1.165, 1.54) is 51.5 Å². The Hall–Kier alpha value is -0.0151. The zero-order valence-electron chi connectivity index (χ0n) is 13.7. The van der Waals surface area contributed by atoms with Gasteiger partial charge in [-0.25, -0.2) is 0 Å². The van der Waals surface area contributed by atoms with Gasteiger partial charge in [0.2, 0.25) is 0 Å². The van der Waals surface area contributed by atoms with Crippen LogP contribution in [0.25, 0.3) is 0 Å². The quantitative estimate of drug-likeness (QED) is 0.683. The predicted octanol–water partition coefficient (Wildman–Crippen LogP) is 2.88. The number of rotatable bonds is 1. The Bertz CT molecular complexity index is 329. The summed E-state index contributed by atoms with van der Waals surface area (Å²) >= 11 is 0. The van der Waals surface area contributed by atoms with Crippen molar-refractivity contribution < 1.29 is 4.74 Å². The van der Waals surface area contributed by atoms with Crippen molar-refractivity contribution in [2.45, 2.75) is 76.2 Å². The van der Waals surface area contributed by atoms with Crippen LogP contribution in [0, 0.1) is 11.8 Å². The SMILES string of the molecule is BC1CCCCC2C(CC1)CCN(C(C)C)C21COC1. The molecule has 1 spiro atoms. The third kappa shape index (κ3) is 2.56. The Balaban J connectivity index is 1.80. The summed E-state index contributed by atoms with van der Waals surface area (Å²) in [5, 5.41) is 0. The largest absolute Gasteiger partial charge is 0.377 e. The van der Waals surface area contributed by atoms with E-state index in [1.807, 2.05) is 0 Å². The van der Waals surface area contributed by atoms with Gasteiger partial charge in [0.15, 0.2) is 0 Å². The van der Waals surface area contributed by atoms with Crippen LogP contribution >= 0.6 is 0 Å². The van der Waals surface area contributed by atoms with Crippen LogP contribution in [0.15, 0.2) is 0 Å². The molecule has 0 N–H and O–H groups in total. The first-order valence-electron chi connectivity index (χ1n) is 8.98. The molecule has 2 heterocycles. The lowest BCUT2D eigenvalue weighted by molar-refractivity contribution is -0.208. The molecule has 3 aliphatic rings. The Morgan fingerprint density at radius 3 is 2.45 bits per heavy atom. The molecule has 1 aliphatic carbocycles. The van der Waals surface area contributed by atoms with Crippen molar-refractivity contribution in [3.63, 3.8) is 0 Å². The molecule has 0 aromatic heterocycles. The summed E-state index contributed by atoms with van der Waals surface area (Å²) in [6.45, 7) is 8.05. The van der Waals surface area contributed by atoms with E-state index in [0.717, 1.165) is 30.9 Å². The minimum Gasteiger partial charge on any atom is -0.377 e. The number of ether oxygens (including phenoxy) is 1. The van der Waals surface area contributed by atoms with Gasteiger partial charge >= 0.3 is 0 Å². The zero-order valence-corrected chi connectivity index (χ0v) is 13.7. The molecule has 3 rings (SSSR count). The Morgan fingerprint density at radius 1 is 1.05 bits per heavy atom. The maximum atomic E-state index is 5.73. The third-order valence-electron chi connectivity index (χ3n) is 6.39. The van der Waals surface area contributed by atoms with E-state index in [-0.39, 0.29) is 0 Å². The van der Waals surface area contributed by atoms with Crippen molar-refractivity contribution in [2.75, 3.05) is 19.8 Å². The minimum atomic E-state index is 0.407. The first-order chi connectivity index (χ1) is 9.63. The molecular weight excluding hydrogens is 245 g/mol. The number of hydrogen-bond donors (Lipinski definition) is 0. The second-order valence-corrected chi connectivity index (χ2v) is 8.01. The average Bonchev–Trinajstić information content (AvgIpc) is 2.46. The molecule has 3 unspecified atom stereocenters. The highest BCUT2D eigenvalue weighted by atomic mass is 16.5. The molecule has 0 aromatic carbocycles. The van der Waals surface area contributed by atoms with Gasteiger partial charge in [-0.05, 0) is 45.1 Å². The summed E-state index contributed by atoms with van der Waals surface area (Å²) in [6.07, 6.45) is 10.2. The summed E-state index contributed by atoms with van der Waals surface area (Å²) in [5.74, 6) is 2.82. The van der Waals surface area contributed by atoms with Crippen LogP contribution in [0.5, 0.6) is 0 Å². The lowest BCUT2D eigenvalue weighted by Gasteiger charge is -2.61. The second kappa shape index (κ2) is 6.00. The van der Waals surface area contributed by atoms with Gasteiger partial charge in [-0.2, -0.15) is 0 Å². The highest BCUT2D eigenvalue weighted by Gasteiger charge is 2.55. The van der Waals surface area contributed by atoms with Gasteiger partial charge < -0.3 is 4.74 Å². The van der Waals surface area contributed by atoms with Crippen molar-refractivity contribution in [2.24, 2.45) is 11.8 Å². The van der Waals surface area contributed by atoms with Crippen molar-refractivity contribution in [1.82, 2.24) is 4.90 Å². The number of nitrogens with zero attached hydrogens (tertiary/aromatic N) is 1. The summed E-state index contributed by atoms with van der Waals surface area (Å²) in [4.78, 5) is 2.79. The molecule has 2 saturated heterocycles. The fourth-order valence-corrected chi connectivity index (χ4v) is 5.19. The second-order valence-electron chi connectivity index (χ2n) is 8.01. The van der Waals surface area contributed by atoms with Crippen molar-refractivity contribution in [1.29, 1.82) is 0 Å². The average molecular weight is 277 g/mol. The van der Waals surface area contributed by atoms with Crippen LogP contribution in [0.3, 0.4) is 0 Å². The molecule has 114 valence electrons. The molecule has 20 heavy (non-hydrogen) atoms. The fourth-order valence-electron chi connectivity index (χ4n) is 5.19. The van der Waals surface area contributed by atoms with Crippen molar-refractivity contribution in [3.8, 4) is 0 Å². The highest BCUT2D eigenvalue weighted by Crippen LogP contribution is 2.48. The van der Waals surface area contributed by atoms with Gasteiger partial charge in [0.05, 0.1) is 18.8 Å². The summed E-state index contributed by atoms with van der Waals surface area (Å²) in [5.41, 5.74) is 0.407. The van der Waals surface area contributed by atoms with Crippen LogP contribution in [0.2, 0.25) is 5.82 Å². The standard InChI is InChI=1S/C17H32BNO/c1-13(2)19-10-9-14-7-8-15(18)5-3-4-6-16(14)17(19)11-20-12-17/h13-16H,3-12,18H2,1-2H3. The first-order valence-corrected chi connectivity index (χ1v) is 8.98. The topological polar surface area (TPSA) is 12.5 Å². The Morgan fingerprint density at radius 2 is 1.80 bits per heavy atom. The van der Waals surface area contributed by atoms with Gasteiger partial charge in [-0.3, -0.25) is 4.90 Å². The maximum Gasteiger partial charge on any atom is 0.105 e. The van der Waals surface area contributed by atoms with E-state index in [9.17, 15) is 0 Å². The monoisotopic (exact) mass is 277 g/mol. The molecule has 0 radical (unpaired) electrons. The normalized spacial score (nSPS) is 38.6. The van der Waals surface area contributed by atoms with Gasteiger partial charge in [-0.15, -0.1) is 0 Å². The number of fused-ring (bicyclic) bond motifs is 2. The van der Waals surface area contributed by atoms with Crippen molar-refractivity contribution >= 4 is 7.85 Å². The zero-order chi connectivity index (χ0) is 14.2. The molecule has 3 atom stereocenters. The molecule has 3 fully saturated rings.